The van der Waals surface area contributed by atoms with Gasteiger partial charge in [0.15, 0.2) is 0 Å². The Labute approximate surface area is 187 Å². The van der Waals surface area contributed by atoms with Crippen molar-refractivity contribution in [2.45, 2.75) is 25.7 Å². The number of hydrogen-bond donors (Lipinski definition) is 2. The van der Waals surface area contributed by atoms with Crippen LogP contribution in [0.25, 0.3) is 17.4 Å². The number of nitriles is 1. The molecule has 3 aromatic rings. The number of hydrogen-bond acceptors (Lipinski definition) is 5. The first kappa shape index (κ1) is 20.9. The maximum absolute atomic E-state index is 12.7. The van der Waals surface area contributed by atoms with Gasteiger partial charge in [0.05, 0.1) is 5.56 Å². The van der Waals surface area contributed by atoms with E-state index < -0.39 is 11.8 Å². The standard InChI is InChI=1S/C23H18ClN3O3S/c24-15-7-5-13(6-8-15)18-10-9-16(30-18)11-14(12-25)22(29)27-23-20(21(26)28)17-3-1-2-4-19(17)31-23/h5-11H,1-4H2,(H2,26,28)(H,27,29)/b14-11+. The first-order valence-corrected chi connectivity index (χ1v) is 10.9. The Bertz CT molecular complexity index is 1230. The molecule has 0 unspecified atom stereocenters. The van der Waals surface area contributed by atoms with Crippen LogP contribution in [0.3, 0.4) is 0 Å². The SMILES string of the molecule is N#C/C(=C\c1ccc(-c2ccc(Cl)cc2)o1)C(=O)Nc1sc2c(c1C(N)=O)CCCC2. The van der Waals surface area contributed by atoms with Crippen molar-refractivity contribution in [1.82, 2.24) is 0 Å². The van der Waals surface area contributed by atoms with E-state index in [2.05, 4.69) is 5.32 Å². The maximum Gasteiger partial charge on any atom is 0.267 e. The number of halogens is 1. The zero-order chi connectivity index (χ0) is 22.0. The summed E-state index contributed by atoms with van der Waals surface area (Å²) in [4.78, 5) is 25.8. The summed E-state index contributed by atoms with van der Waals surface area (Å²) in [6.07, 6.45) is 5.01. The number of fused-ring (bicyclic) bond motifs is 1. The van der Waals surface area contributed by atoms with E-state index in [0.29, 0.717) is 27.1 Å². The molecule has 3 N–H and O–H groups in total. The van der Waals surface area contributed by atoms with Gasteiger partial charge in [-0.05, 0) is 67.6 Å². The molecule has 2 aromatic heterocycles. The summed E-state index contributed by atoms with van der Waals surface area (Å²) in [6.45, 7) is 0. The van der Waals surface area contributed by atoms with E-state index >= 15 is 0 Å². The molecule has 2 heterocycles. The third-order valence-electron chi connectivity index (χ3n) is 5.05. The smallest absolute Gasteiger partial charge is 0.267 e. The van der Waals surface area contributed by atoms with E-state index in [9.17, 15) is 14.9 Å². The summed E-state index contributed by atoms with van der Waals surface area (Å²) in [6, 6.07) is 12.5. The predicted molar refractivity (Wildman–Crippen MR) is 121 cm³/mol. The minimum Gasteiger partial charge on any atom is -0.457 e. The van der Waals surface area contributed by atoms with Crippen LogP contribution in [0.15, 0.2) is 46.4 Å². The molecule has 6 nitrogen and oxygen atoms in total. The lowest BCUT2D eigenvalue weighted by atomic mass is 9.95. The zero-order valence-electron chi connectivity index (χ0n) is 16.4. The number of carbonyl (C=O) groups excluding carboxylic acids is 2. The van der Waals surface area contributed by atoms with Crippen LogP contribution in [0.4, 0.5) is 5.00 Å². The van der Waals surface area contributed by atoms with E-state index in [4.69, 9.17) is 21.8 Å². The predicted octanol–water partition coefficient (Wildman–Crippen LogP) is 5.18. The van der Waals surface area contributed by atoms with Crippen LogP contribution in [-0.2, 0) is 17.6 Å². The average molecular weight is 452 g/mol. The monoisotopic (exact) mass is 451 g/mol. The number of rotatable bonds is 5. The van der Waals surface area contributed by atoms with Crippen LogP contribution >= 0.6 is 22.9 Å². The quantitative estimate of drug-likeness (QED) is 0.411. The molecule has 156 valence electrons. The molecule has 8 heteroatoms. The molecule has 0 radical (unpaired) electrons. The Morgan fingerprint density at radius 3 is 2.61 bits per heavy atom. The van der Waals surface area contributed by atoms with Crippen molar-refractivity contribution < 1.29 is 14.0 Å². The summed E-state index contributed by atoms with van der Waals surface area (Å²) in [5, 5.41) is 13.2. The van der Waals surface area contributed by atoms with Gasteiger partial charge in [0.2, 0.25) is 0 Å². The molecule has 31 heavy (non-hydrogen) atoms. The summed E-state index contributed by atoms with van der Waals surface area (Å²) in [5.41, 5.74) is 7.53. The highest BCUT2D eigenvalue weighted by Crippen LogP contribution is 2.38. The maximum atomic E-state index is 12.7. The van der Waals surface area contributed by atoms with Gasteiger partial charge in [-0.25, -0.2) is 0 Å². The minimum absolute atomic E-state index is 0.140. The average Bonchev–Trinajstić information content (AvgIpc) is 3.36. The van der Waals surface area contributed by atoms with Gasteiger partial charge in [0.1, 0.15) is 28.2 Å². The van der Waals surface area contributed by atoms with Gasteiger partial charge in [0, 0.05) is 21.5 Å². The summed E-state index contributed by atoms with van der Waals surface area (Å²) in [7, 11) is 0. The number of benzene rings is 1. The van der Waals surface area contributed by atoms with E-state index in [-0.39, 0.29) is 5.57 Å². The molecule has 0 saturated heterocycles. The Morgan fingerprint density at radius 1 is 1.16 bits per heavy atom. The lowest BCUT2D eigenvalue weighted by molar-refractivity contribution is -0.112. The number of nitrogens with zero attached hydrogens (tertiary/aromatic N) is 1. The van der Waals surface area contributed by atoms with E-state index in [1.54, 1.807) is 24.3 Å². The van der Waals surface area contributed by atoms with Crippen molar-refractivity contribution in [1.29, 1.82) is 5.26 Å². The normalized spacial score (nSPS) is 13.4. The third-order valence-corrected chi connectivity index (χ3v) is 6.51. The summed E-state index contributed by atoms with van der Waals surface area (Å²) >= 11 is 7.26. The van der Waals surface area contributed by atoms with E-state index in [1.807, 2.05) is 18.2 Å². The van der Waals surface area contributed by atoms with Crippen LogP contribution in [-0.4, -0.2) is 11.8 Å². The number of carbonyl (C=O) groups is 2. The zero-order valence-corrected chi connectivity index (χ0v) is 18.0. The van der Waals surface area contributed by atoms with Gasteiger partial charge in [-0.1, -0.05) is 11.6 Å². The highest BCUT2D eigenvalue weighted by molar-refractivity contribution is 7.17. The molecule has 0 atom stereocenters. The summed E-state index contributed by atoms with van der Waals surface area (Å²) < 4.78 is 5.75. The molecular weight excluding hydrogens is 434 g/mol. The molecule has 0 saturated carbocycles. The van der Waals surface area contributed by atoms with E-state index in [1.165, 1.54) is 17.4 Å². The molecule has 1 aliphatic rings. The second-order valence-electron chi connectivity index (χ2n) is 7.11. The topological polar surface area (TPSA) is 109 Å². The lowest BCUT2D eigenvalue weighted by Crippen LogP contribution is -2.19. The Balaban J connectivity index is 1.58. The molecule has 1 aromatic carbocycles. The van der Waals surface area contributed by atoms with Crippen molar-refractivity contribution in [2.75, 3.05) is 5.32 Å². The van der Waals surface area contributed by atoms with Crippen molar-refractivity contribution in [3.05, 3.63) is 68.8 Å². The molecule has 2 amide bonds. The summed E-state index contributed by atoms with van der Waals surface area (Å²) in [5.74, 6) is -0.247. The van der Waals surface area contributed by atoms with Gasteiger partial charge >= 0.3 is 0 Å². The highest BCUT2D eigenvalue weighted by Gasteiger charge is 2.25. The van der Waals surface area contributed by atoms with E-state index in [0.717, 1.165) is 41.7 Å². The molecule has 0 spiro atoms. The second kappa shape index (κ2) is 8.80. The van der Waals surface area contributed by atoms with Gasteiger partial charge in [-0.2, -0.15) is 5.26 Å². The Kier molecular flexibility index (Phi) is 5.94. The van der Waals surface area contributed by atoms with Crippen molar-refractivity contribution in [3.63, 3.8) is 0 Å². The van der Waals surface area contributed by atoms with Crippen LogP contribution in [0.1, 0.15) is 39.4 Å². The van der Waals surface area contributed by atoms with Crippen molar-refractivity contribution in [3.8, 4) is 17.4 Å². The van der Waals surface area contributed by atoms with Crippen LogP contribution in [0.5, 0.6) is 0 Å². The number of nitrogens with one attached hydrogen (secondary N) is 1. The van der Waals surface area contributed by atoms with Gasteiger partial charge < -0.3 is 15.5 Å². The van der Waals surface area contributed by atoms with Crippen molar-refractivity contribution >= 4 is 45.8 Å². The fourth-order valence-electron chi connectivity index (χ4n) is 3.58. The fraction of sp³-hybridized carbons (Fsp3) is 0.174. The van der Waals surface area contributed by atoms with Gasteiger partial charge in [0.25, 0.3) is 11.8 Å². The highest BCUT2D eigenvalue weighted by atomic mass is 35.5. The first-order chi connectivity index (χ1) is 15.0. The number of amides is 2. The minimum atomic E-state index is -0.618. The number of nitrogens with two attached hydrogens (primary N) is 1. The fourth-order valence-corrected chi connectivity index (χ4v) is 4.99. The van der Waals surface area contributed by atoms with Gasteiger partial charge in [-0.3, -0.25) is 9.59 Å². The second-order valence-corrected chi connectivity index (χ2v) is 8.65. The van der Waals surface area contributed by atoms with Crippen LogP contribution < -0.4 is 11.1 Å². The Morgan fingerprint density at radius 2 is 1.90 bits per heavy atom. The molecular formula is C23H18ClN3O3S. The molecule has 0 aliphatic heterocycles. The number of thiophene rings is 1. The van der Waals surface area contributed by atoms with Crippen LogP contribution in [0, 0.1) is 11.3 Å². The molecule has 4 rings (SSSR count). The Hall–Kier alpha value is -3.34. The lowest BCUT2D eigenvalue weighted by Gasteiger charge is -2.11. The number of primary amides is 1. The molecule has 0 bridgehead atoms. The third kappa shape index (κ3) is 4.41. The number of aryl methyl sites for hydroxylation is 1. The van der Waals surface area contributed by atoms with Crippen LogP contribution in [0.2, 0.25) is 5.02 Å². The number of anilines is 1. The van der Waals surface area contributed by atoms with Crippen molar-refractivity contribution in [2.24, 2.45) is 5.73 Å². The number of furan rings is 1. The molecule has 1 aliphatic carbocycles. The largest absolute Gasteiger partial charge is 0.457 e. The first-order valence-electron chi connectivity index (χ1n) is 9.69. The molecule has 0 fully saturated rings. The van der Waals surface area contributed by atoms with Gasteiger partial charge in [-0.15, -0.1) is 11.3 Å².